The molecule has 0 saturated carbocycles. The van der Waals surface area contributed by atoms with E-state index >= 15 is 0 Å². The van der Waals surface area contributed by atoms with E-state index in [-0.39, 0.29) is 10.5 Å². The molecule has 33 heavy (non-hydrogen) atoms. The zero-order chi connectivity index (χ0) is 23.8. The molecular weight excluding hydrogens is 446 g/mol. The monoisotopic (exact) mass is 473 g/mol. The van der Waals surface area contributed by atoms with Crippen molar-refractivity contribution in [2.75, 3.05) is 33.9 Å². The first kappa shape index (κ1) is 24.5. The molecule has 9 heteroatoms. The van der Waals surface area contributed by atoms with Crippen molar-refractivity contribution in [2.45, 2.75) is 24.2 Å². The standard InChI is InChI=1S/C24H27NO7S/c1-30-22-12-6-18(16-23(22)31-2)7-13-24(27)32-17-21(26)19-8-10-20(11-9-19)33(28,29)25-14-4-3-5-15-25/h6-13,16H,3-5,14-15,17H2,1-2H3/b13-7+. The van der Waals surface area contributed by atoms with Gasteiger partial charge in [-0.1, -0.05) is 12.5 Å². The molecular formula is C24H27NO7S. The van der Waals surface area contributed by atoms with Crippen molar-refractivity contribution in [2.24, 2.45) is 0 Å². The molecule has 0 bridgehead atoms. The smallest absolute Gasteiger partial charge is 0.331 e. The minimum Gasteiger partial charge on any atom is -0.493 e. The number of Topliss-reactive ketones (excluding diaryl/α,β-unsaturated/α-hetero) is 1. The Balaban J connectivity index is 1.56. The summed E-state index contributed by atoms with van der Waals surface area (Å²) >= 11 is 0. The lowest BCUT2D eigenvalue weighted by Gasteiger charge is -2.25. The SMILES string of the molecule is COc1ccc(/C=C/C(=O)OCC(=O)c2ccc(S(=O)(=O)N3CCCCC3)cc2)cc1OC. The van der Waals surface area contributed by atoms with Crippen LogP contribution in [0.5, 0.6) is 11.5 Å². The number of carbonyl (C=O) groups is 2. The van der Waals surface area contributed by atoms with E-state index in [4.69, 9.17) is 14.2 Å². The Morgan fingerprint density at radius 1 is 0.939 bits per heavy atom. The van der Waals surface area contributed by atoms with E-state index in [2.05, 4.69) is 0 Å². The van der Waals surface area contributed by atoms with Crippen LogP contribution in [0.4, 0.5) is 0 Å². The second-order valence-electron chi connectivity index (χ2n) is 7.47. The fourth-order valence-corrected chi connectivity index (χ4v) is 4.97. The molecule has 3 rings (SSSR count). The van der Waals surface area contributed by atoms with Crippen LogP contribution in [0.25, 0.3) is 6.08 Å². The third-order valence-corrected chi connectivity index (χ3v) is 7.21. The van der Waals surface area contributed by atoms with Crippen LogP contribution in [0.1, 0.15) is 35.2 Å². The van der Waals surface area contributed by atoms with Crippen LogP contribution < -0.4 is 9.47 Å². The summed E-state index contributed by atoms with van der Waals surface area (Å²) in [5, 5.41) is 0. The van der Waals surface area contributed by atoms with Gasteiger partial charge in [-0.25, -0.2) is 13.2 Å². The van der Waals surface area contributed by atoms with E-state index in [0.717, 1.165) is 19.3 Å². The number of rotatable bonds is 9. The van der Waals surface area contributed by atoms with Crippen LogP contribution in [0.3, 0.4) is 0 Å². The van der Waals surface area contributed by atoms with Crippen molar-refractivity contribution in [3.8, 4) is 11.5 Å². The van der Waals surface area contributed by atoms with E-state index in [0.29, 0.717) is 30.2 Å². The maximum Gasteiger partial charge on any atom is 0.331 e. The predicted octanol–water partition coefficient (Wildman–Crippen LogP) is 3.32. The Morgan fingerprint density at radius 3 is 2.24 bits per heavy atom. The summed E-state index contributed by atoms with van der Waals surface area (Å²) in [6, 6.07) is 10.9. The van der Waals surface area contributed by atoms with Gasteiger partial charge in [-0.15, -0.1) is 0 Å². The number of esters is 1. The first-order valence-corrected chi connectivity index (χ1v) is 12.0. The largest absolute Gasteiger partial charge is 0.493 e. The number of sulfonamides is 1. The molecule has 0 aliphatic carbocycles. The van der Waals surface area contributed by atoms with Gasteiger partial charge in [-0.3, -0.25) is 4.79 Å². The van der Waals surface area contributed by atoms with E-state index in [1.54, 1.807) is 18.2 Å². The van der Waals surface area contributed by atoms with Crippen molar-refractivity contribution >= 4 is 27.9 Å². The molecule has 2 aromatic rings. The summed E-state index contributed by atoms with van der Waals surface area (Å²) in [6.07, 6.45) is 5.47. The van der Waals surface area contributed by atoms with Crippen molar-refractivity contribution in [1.82, 2.24) is 4.31 Å². The predicted molar refractivity (Wildman–Crippen MR) is 123 cm³/mol. The first-order chi connectivity index (χ1) is 15.8. The normalized spacial score (nSPS) is 14.7. The second-order valence-corrected chi connectivity index (χ2v) is 9.41. The van der Waals surface area contributed by atoms with Gasteiger partial charge < -0.3 is 14.2 Å². The van der Waals surface area contributed by atoms with E-state index in [1.165, 1.54) is 54.9 Å². The van der Waals surface area contributed by atoms with Gasteiger partial charge in [-0.2, -0.15) is 4.31 Å². The fourth-order valence-electron chi connectivity index (χ4n) is 3.46. The van der Waals surface area contributed by atoms with Crippen LogP contribution >= 0.6 is 0 Å². The van der Waals surface area contributed by atoms with Crippen LogP contribution in [0.15, 0.2) is 53.4 Å². The molecule has 1 heterocycles. The fraction of sp³-hybridized carbons (Fsp3) is 0.333. The molecule has 0 amide bonds. The summed E-state index contributed by atoms with van der Waals surface area (Å²) in [4.78, 5) is 24.5. The number of piperidine rings is 1. The average Bonchev–Trinajstić information content (AvgIpc) is 2.86. The lowest BCUT2D eigenvalue weighted by atomic mass is 10.1. The quantitative estimate of drug-likeness (QED) is 0.313. The summed E-state index contributed by atoms with van der Waals surface area (Å²) in [6.45, 7) is 0.568. The average molecular weight is 474 g/mol. The molecule has 2 aromatic carbocycles. The van der Waals surface area contributed by atoms with Crippen LogP contribution in [-0.2, 0) is 19.6 Å². The van der Waals surface area contributed by atoms with Gasteiger partial charge in [0.25, 0.3) is 0 Å². The van der Waals surface area contributed by atoms with Gasteiger partial charge in [0.05, 0.1) is 19.1 Å². The highest BCUT2D eigenvalue weighted by Crippen LogP contribution is 2.28. The van der Waals surface area contributed by atoms with Crippen molar-refractivity contribution in [3.63, 3.8) is 0 Å². The van der Waals surface area contributed by atoms with Crippen LogP contribution in [-0.4, -0.2) is 58.4 Å². The maximum absolute atomic E-state index is 12.7. The van der Waals surface area contributed by atoms with Crippen LogP contribution in [0, 0.1) is 0 Å². The summed E-state index contributed by atoms with van der Waals surface area (Å²) in [5.74, 6) is -0.0151. The van der Waals surface area contributed by atoms with Gasteiger partial charge >= 0.3 is 5.97 Å². The Labute approximate surface area is 193 Å². The molecule has 1 fully saturated rings. The van der Waals surface area contributed by atoms with Gasteiger partial charge in [-0.05, 0) is 60.9 Å². The van der Waals surface area contributed by atoms with Gasteiger partial charge in [0.1, 0.15) is 0 Å². The Hall–Kier alpha value is -3.17. The summed E-state index contributed by atoms with van der Waals surface area (Å²) in [5.41, 5.74) is 0.964. The second kappa shape index (κ2) is 11.1. The highest BCUT2D eigenvalue weighted by molar-refractivity contribution is 7.89. The molecule has 0 aromatic heterocycles. The molecule has 8 nitrogen and oxygen atoms in total. The molecule has 176 valence electrons. The van der Waals surface area contributed by atoms with E-state index in [9.17, 15) is 18.0 Å². The molecule has 0 N–H and O–H groups in total. The molecule has 0 radical (unpaired) electrons. The Bertz CT molecular complexity index is 1120. The summed E-state index contributed by atoms with van der Waals surface area (Å²) < 4.78 is 42.3. The Kier molecular flexibility index (Phi) is 8.24. The van der Waals surface area contributed by atoms with Gasteiger partial charge in [0, 0.05) is 24.7 Å². The van der Waals surface area contributed by atoms with Crippen LogP contribution in [0.2, 0.25) is 0 Å². The molecule has 1 aliphatic rings. The third-order valence-electron chi connectivity index (χ3n) is 5.29. The summed E-state index contributed by atoms with van der Waals surface area (Å²) in [7, 11) is -0.517. The number of methoxy groups -OCH3 is 2. The van der Waals surface area contributed by atoms with Crippen molar-refractivity contribution in [1.29, 1.82) is 0 Å². The van der Waals surface area contributed by atoms with Crippen molar-refractivity contribution in [3.05, 3.63) is 59.7 Å². The molecule has 1 aliphatic heterocycles. The van der Waals surface area contributed by atoms with Gasteiger partial charge in [0.2, 0.25) is 10.0 Å². The lowest BCUT2D eigenvalue weighted by molar-refractivity contribution is -0.136. The lowest BCUT2D eigenvalue weighted by Crippen LogP contribution is -2.35. The van der Waals surface area contributed by atoms with E-state index in [1.807, 2.05) is 0 Å². The number of benzene rings is 2. The highest BCUT2D eigenvalue weighted by Gasteiger charge is 2.26. The number of ether oxygens (including phenoxy) is 3. The van der Waals surface area contributed by atoms with Crippen molar-refractivity contribution < 1.29 is 32.2 Å². The third kappa shape index (κ3) is 6.21. The molecule has 0 atom stereocenters. The zero-order valence-electron chi connectivity index (χ0n) is 18.7. The number of carbonyl (C=O) groups excluding carboxylic acids is 2. The Morgan fingerprint density at radius 2 is 1.61 bits per heavy atom. The number of hydrogen-bond acceptors (Lipinski definition) is 7. The number of ketones is 1. The number of nitrogens with zero attached hydrogens (tertiary/aromatic N) is 1. The zero-order valence-corrected chi connectivity index (χ0v) is 19.5. The molecule has 0 spiro atoms. The van der Waals surface area contributed by atoms with E-state index < -0.39 is 28.4 Å². The molecule has 0 unspecified atom stereocenters. The minimum atomic E-state index is -3.56. The highest BCUT2D eigenvalue weighted by atomic mass is 32.2. The number of hydrogen-bond donors (Lipinski definition) is 0. The minimum absolute atomic E-state index is 0.149. The topological polar surface area (TPSA) is 99.2 Å². The molecule has 1 saturated heterocycles. The maximum atomic E-state index is 12.7. The van der Waals surface area contributed by atoms with Gasteiger partial charge in [0.15, 0.2) is 23.9 Å². The first-order valence-electron chi connectivity index (χ1n) is 10.6.